The number of oxazole rings is 1. The van der Waals surface area contributed by atoms with Gasteiger partial charge in [0.25, 0.3) is 11.6 Å². The minimum atomic E-state index is -0.435. The molecule has 8 nitrogen and oxygen atoms in total. The molecule has 1 unspecified atom stereocenters. The van der Waals surface area contributed by atoms with Crippen LogP contribution < -0.4 is 10.6 Å². The fourth-order valence-electron chi connectivity index (χ4n) is 2.84. The third-order valence-electron chi connectivity index (χ3n) is 4.25. The van der Waals surface area contributed by atoms with Gasteiger partial charge in [0.15, 0.2) is 11.6 Å². The molecule has 1 atom stereocenters. The van der Waals surface area contributed by atoms with E-state index in [4.69, 9.17) is 4.42 Å². The van der Waals surface area contributed by atoms with Gasteiger partial charge in [-0.3, -0.25) is 14.9 Å². The smallest absolute Gasteiger partial charge is 0.273 e. The van der Waals surface area contributed by atoms with Crippen molar-refractivity contribution in [2.75, 3.05) is 19.6 Å². The highest BCUT2D eigenvalue weighted by Gasteiger charge is 2.21. The van der Waals surface area contributed by atoms with Gasteiger partial charge in [0.05, 0.1) is 4.92 Å². The number of piperidine rings is 1. The maximum atomic E-state index is 12.1. The molecule has 0 radical (unpaired) electrons. The Balaban J connectivity index is 1.49. The Bertz CT molecular complexity index is 735. The Hall–Kier alpha value is -2.74. The van der Waals surface area contributed by atoms with Gasteiger partial charge >= 0.3 is 0 Å². The Labute approximate surface area is 144 Å². The quantitative estimate of drug-likeness (QED) is 0.613. The molecule has 1 aliphatic heterocycles. The Morgan fingerprint density at radius 2 is 2.20 bits per heavy atom. The molecule has 25 heavy (non-hydrogen) atoms. The molecule has 1 saturated heterocycles. The topological polar surface area (TPSA) is 110 Å². The second-order valence-electron chi connectivity index (χ2n) is 6.04. The minimum Gasteiger partial charge on any atom is -0.448 e. The molecule has 1 amide bonds. The maximum Gasteiger partial charge on any atom is 0.273 e. The third kappa shape index (κ3) is 4.42. The van der Waals surface area contributed by atoms with Crippen LogP contribution >= 0.6 is 0 Å². The van der Waals surface area contributed by atoms with Crippen molar-refractivity contribution in [1.29, 1.82) is 0 Å². The summed E-state index contributed by atoms with van der Waals surface area (Å²) in [6.45, 7) is 2.25. The third-order valence-corrected chi connectivity index (χ3v) is 4.25. The first-order valence-corrected chi connectivity index (χ1v) is 8.31. The standard InChI is InChI=1S/C17H20N4O4/c22-16(15-11-25-17(20-15)13-2-1-8-18-10-13)19-9-7-12-3-5-14(6-4-12)21(23)24/h3-6,11,13,18H,1-2,7-10H2,(H,19,22). The van der Waals surface area contributed by atoms with Gasteiger partial charge in [-0.15, -0.1) is 0 Å². The fraction of sp³-hybridized carbons (Fsp3) is 0.412. The molecular weight excluding hydrogens is 324 g/mol. The predicted molar refractivity (Wildman–Crippen MR) is 90.5 cm³/mol. The SMILES string of the molecule is O=C(NCCc1ccc([N+](=O)[O-])cc1)c1coc(C2CCCNC2)n1. The van der Waals surface area contributed by atoms with Crippen molar-refractivity contribution in [1.82, 2.24) is 15.6 Å². The van der Waals surface area contributed by atoms with Crippen LogP contribution in [-0.2, 0) is 6.42 Å². The van der Waals surface area contributed by atoms with E-state index in [0.717, 1.165) is 31.5 Å². The number of carbonyl (C=O) groups is 1. The summed E-state index contributed by atoms with van der Waals surface area (Å²) in [7, 11) is 0. The molecule has 0 saturated carbocycles. The molecule has 2 heterocycles. The number of carbonyl (C=O) groups excluding carboxylic acids is 1. The highest BCUT2D eigenvalue weighted by atomic mass is 16.6. The van der Waals surface area contributed by atoms with Crippen LogP contribution in [0.25, 0.3) is 0 Å². The van der Waals surface area contributed by atoms with Crippen molar-refractivity contribution in [3.05, 3.63) is 57.8 Å². The van der Waals surface area contributed by atoms with Crippen molar-refractivity contribution < 1.29 is 14.1 Å². The lowest BCUT2D eigenvalue weighted by Gasteiger charge is -2.19. The predicted octanol–water partition coefficient (Wildman–Crippen LogP) is 2.02. The van der Waals surface area contributed by atoms with E-state index in [0.29, 0.717) is 18.9 Å². The van der Waals surface area contributed by atoms with Gasteiger partial charge in [-0.1, -0.05) is 12.1 Å². The number of nitrogens with zero attached hydrogens (tertiary/aromatic N) is 2. The summed E-state index contributed by atoms with van der Waals surface area (Å²) in [6.07, 6.45) is 4.06. The summed E-state index contributed by atoms with van der Waals surface area (Å²) < 4.78 is 5.45. The number of hydrogen-bond acceptors (Lipinski definition) is 6. The Kier molecular flexibility index (Phi) is 5.39. The maximum absolute atomic E-state index is 12.1. The molecule has 0 aliphatic carbocycles. The van der Waals surface area contributed by atoms with Crippen molar-refractivity contribution in [2.24, 2.45) is 0 Å². The zero-order valence-electron chi connectivity index (χ0n) is 13.7. The molecule has 132 valence electrons. The van der Waals surface area contributed by atoms with E-state index in [1.54, 1.807) is 12.1 Å². The van der Waals surface area contributed by atoms with Gasteiger partial charge in [-0.25, -0.2) is 4.98 Å². The molecule has 2 N–H and O–H groups in total. The first-order valence-electron chi connectivity index (χ1n) is 8.31. The second-order valence-corrected chi connectivity index (χ2v) is 6.04. The van der Waals surface area contributed by atoms with Crippen LogP contribution in [-0.4, -0.2) is 35.4 Å². The van der Waals surface area contributed by atoms with Gasteiger partial charge in [-0.05, 0) is 31.4 Å². The lowest BCUT2D eigenvalue weighted by molar-refractivity contribution is -0.384. The number of aromatic nitrogens is 1. The van der Waals surface area contributed by atoms with Crippen molar-refractivity contribution >= 4 is 11.6 Å². The van der Waals surface area contributed by atoms with Crippen LogP contribution in [0.1, 0.15) is 40.7 Å². The summed E-state index contributed by atoms with van der Waals surface area (Å²) in [4.78, 5) is 26.6. The summed E-state index contributed by atoms with van der Waals surface area (Å²) in [5, 5.41) is 16.7. The van der Waals surface area contributed by atoms with Crippen molar-refractivity contribution in [3.8, 4) is 0 Å². The number of non-ortho nitro benzene ring substituents is 1. The number of nitrogens with one attached hydrogen (secondary N) is 2. The molecule has 1 aromatic carbocycles. The average molecular weight is 344 g/mol. The van der Waals surface area contributed by atoms with E-state index in [9.17, 15) is 14.9 Å². The van der Waals surface area contributed by atoms with Gasteiger partial charge < -0.3 is 15.1 Å². The molecule has 1 aromatic heterocycles. The summed E-state index contributed by atoms with van der Waals surface area (Å²) in [5.41, 5.74) is 1.25. The van der Waals surface area contributed by atoms with E-state index in [1.165, 1.54) is 18.4 Å². The molecule has 2 aromatic rings. The van der Waals surface area contributed by atoms with E-state index in [-0.39, 0.29) is 23.2 Å². The number of benzene rings is 1. The highest BCUT2D eigenvalue weighted by molar-refractivity contribution is 5.91. The minimum absolute atomic E-state index is 0.0557. The molecule has 0 spiro atoms. The van der Waals surface area contributed by atoms with Gasteiger partial charge in [0.1, 0.15) is 6.26 Å². The lowest BCUT2D eigenvalue weighted by atomic mass is 10.00. The first-order chi connectivity index (χ1) is 12.1. The van der Waals surface area contributed by atoms with Crippen LogP contribution in [0.4, 0.5) is 5.69 Å². The van der Waals surface area contributed by atoms with E-state index in [2.05, 4.69) is 15.6 Å². The summed E-state index contributed by atoms with van der Waals surface area (Å²) >= 11 is 0. The van der Waals surface area contributed by atoms with Crippen molar-refractivity contribution in [3.63, 3.8) is 0 Å². The zero-order chi connectivity index (χ0) is 17.6. The van der Waals surface area contributed by atoms with Crippen LogP contribution in [0.3, 0.4) is 0 Å². The van der Waals surface area contributed by atoms with E-state index in [1.807, 2.05) is 0 Å². The largest absolute Gasteiger partial charge is 0.448 e. The van der Waals surface area contributed by atoms with Crippen LogP contribution in [0, 0.1) is 10.1 Å². The Morgan fingerprint density at radius 1 is 1.40 bits per heavy atom. The van der Waals surface area contributed by atoms with E-state index < -0.39 is 4.92 Å². The normalized spacial score (nSPS) is 17.2. The molecule has 1 fully saturated rings. The molecule has 0 bridgehead atoms. The van der Waals surface area contributed by atoms with E-state index >= 15 is 0 Å². The number of rotatable bonds is 6. The molecule has 3 rings (SSSR count). The first kappa shape index (κ1) is 17.1. The summed E-state index contributed by atoms with van der Waals surface area (Å²) in [5.74, 6) is 0.545. The Morgan fingerprint density at radius 3 is 2.88 bits per heavy atom. The second kappa shape index (κ2) is 7.89. The van der Waals surface area contributed by atoms with Gasteiger partial charge in [-0.2, -0.15) is 0 Å². The zero-order valence-corrected chi connectivity index (χ0v) is 13.7. The number of nitro groups is 1. The monoisotopic (exact) mass is 344 g/mol. The van der Waals surface area contributed by atoms with Crippen LogP contribution in [0.2, 0.25) is 0 Å². The number of amides is 1. The lowest BCUT2D eigenvalue weighted by Crippen LogP contribution is -2.29. The number of nitro benzene ring substituents is 1. The molecule has 1 aliphatic rings. The number of hydrogen-bond donors (Lipinski definition) is 2. The van der Waals surface area contributed by atoms with Crippen LogP contribution in [0.15, 0.2) is 34.9 Å². The van der Waals surface area contributed by atoms with Crippen LogP contribution in [0.5, 0.6) is 0 Å². The highest BCUT2D eigenvalue weighted by Crippen LogP contribution is 2.22. The molecular formula is C17H20N4O4. The average Bonchev–Trinajstić information content (AvgIpc) is 3.13. The van der Waals surface area contributed by atoms with Gasteiger partial charge in [0.2, 0.25) is 0 Å². The van der Waals surface area contributed by atoms with Crippen molar-refractivity contribution in [2.45, 2.75) is 25.2 Å². The van der Waals surface area contributed by atoms with Gasteiger partial charge in [0, 0.05) is 31.1 Å². The summed E-state index contributed by atoms with van der Waals surface area (Å²) in [6, 6.07) is 6.29. The molecule has 8 heteroatoms. The fourth-order valence-corrected chi connectivity index (χ4v) is 2.84.